The van der Waals surface area contributed by atoms with Crippen LogP contribution in [0.3, 0.4) is 0 Å². The van der Waals surface area contributed by atoms with E-state index < -0.39 is 0 Å². The highest BCUT2D eigenvalue weighted by atomic mass is 35.5. The predicted molar refractivity (Wildman–Crippen MR) is 74.0 cm³/mol. The second-order valence-corrected chi connectivity index (χ2v) is 5.15. The average molecular weight is 290 g/mol. The van der Waals surface area contributed by atoms with Gasteiger partial charge in [0.2, 0.25) is 0 Å². The minimum Gasteiger partial charge on any atom is -0.311 e. The summed E-state index contributed by atoms with van der Waals surface area (Å²) in [5, 5.41) is 18.6. The van der Waals surface area contributed by atoms with Crippen molar-refractivity contribution in [1.29, 1.82) is 10.5 Å². The first kappa shape index (κ1) is 13.4. The second kappa shape index (κ2) is 5.71. The number of halogens is 1. The van der Waals surface area contributed by atoms with E-state index in [0.29, 0.717) is 9.90 Å². The summed E-state index contributed by atoms with van der Waals surface area (Å²) in [6.07, 6.45) is 0. The van der Waals surface area contributed by atoms with Gasteiger partial charge in [0.15, 0.2) is 0 Å². The fraction of sp³-hybridized carbons (Fsp3) is 0.154. The van der Waals surface area contributed by atoms with Crippen LogP contribution in [0.1, 0.15) is 9.67 Å². The fourth-order valence-corrected chi connectivity index (χ4v) is 3.15. The third-order valence-corrected chi connectivity index (χ3v) is 4.20. The Kier molecular flexibility index (Phi) is 4.01. The highest BCUT2D eigenvalue weighted by Crippen LogP contribution is 2.35. The van der Waals surface area contributed by atoms with E-state index in [0.717, 1.165) is 10.1 Å². The van der Waals surface area contributed by atoms with E-state index >= 15 is 0 Å². The van der Waals surface area contributed by atoms with Crippen molar-refractivity contribution in [3.8, 4) is 12.1 Å². The third-order valence-electron chi connectivity index (χ3n) is 2.54. The molecule has 0 unspecified atom stereocenters. The number of carbonyl (C=O) groups is 1. The number of carbonyl (C=O) groups excluding carboxylic acids is 1. The molecule has 0 aliphatic rings. The number of nitrogens with zero attached hydrogens (tertiary/aromatic N) is 3. The number of benzene rings is 1. The van der Waals surface area contributed by atoms with E-state index in [1.54, 1.807) is 0 Å². The molecule has 0 aliphatic carbocycles. The smallest absolute Gasteiger partial charge is 0.267 e. The molecule has 0 N–H and O–H groups in total. The van der Waals surface area contributed by atoms with Gasteiger partial charge in [-0.1, -0.05) is 29.8 Å². The van der Waals surface area contributed by atoms with Gasteiger partial charge in [0.25, 0.3) is 5.91 Å². The average Bonchev–Trinajstić information content (AvgIpc) is 2.76. The number of amides is 1. The first-order valence-corrected chi connectivity index (χ1v) is 6.58. The maximum absolute atomic E-state index is 12.3. The summed E-state index contributed by atoms with van der Waals surface area (Å²) in [5.41, 5.74) is 0. The zero-order chi connectivity index (χ0) is 13.8. The lowest BCUT2D eigenvalue weighted by Crippen LogP contribution is -2.31. The predicted octanol–water partition coefficient (Wildman–Crippen LogP) is 3.04. The summed E-state index contributed by atoms with van der Waals surface area (Å²) in [7, 11) is 0. The van der Waals surface area contributed by atoms with Crippen LogP contribution in [0.4, 0.5) is 0 Å². The molecular formula is C13H8ClN3OS. The number of thiophene rings is 1. The van der Waals surface area contributed by atoms with E-state index in [4.69, 9.17) is 22.1 Å². The van der Waals surface area contributed by atoms with Gasteiger partial charge in [-0.15, -0.1) is 11.3 Å². The standard InChI is InChI=1S/C13H8ClN3OS/c14-11-9-3-1-2-4-10(9)19-12(11)13(18)17(7-5-15)8-6-16/h1-4H,7-8H2. The van der Waals surface area contributed by atoms with Crippen molar-refractivity contribution in [1.82, 2.24) is 4.90 Å². The molecule has 0 fully saturated rings. The zero-order valence-electron chi connectivity index (χ0n) is 9.76. The fourth-order valence-electron chi connectivity index (χ4n) is 1.67. The summed E-state index contributed by atoms with van der Waals surface area (Å²) < 4.78 is 0.907. The first-order valence-electron chi connectivity index (χ1n) is 5.39. The van der Waals surface area contributed by atoms with Crippen LogP contribution in [0, 0.1) is 22.7 Å². The highest BCUT2D eigenvalue weighted by molar-refractivity contribution is 7.21. The summed E-state index contributed by atoms with van der Waals surface area (Å²) in [4.78, 5) is 13.8. The Hall–Kier alpha value is -2.08. The molecule has 1 amide bonds. The van der Waals surface area contributed by atoms with Crippen LogP contribution in [0.15, 0.2) is 24.3 Å². The monoisotopic (exact) mass is 289 g/mol. The van der Waals surface area contributed by atoms with Crippen molar-refractivity contribution in [2.24, 2.45) is 0 Å². The van der Waals surface area contributed by atoms with E-state index in [2.05, 4.69) is 0 Å². The number of fused-ring (bicyclic) bond motifs is 1. The molecule has 1 heterocycles. The van der Waals surface area contributed by atoms with Gasteiger partial charge in [-0.05, 0) is 6.07 Å². The maximum atomic E-state index is 12.3. The van der Waals surface area contributed by atoms with E-state index in [1.807, 2.05) is 36.4 Å². The van der Waals surface area contributed by atoms with Crippen LogP contribution in [-0.4, -0.2) is 23.9 Å². The molecule has 0 aliphatic heterocycles. The van der Waals surface area contributed by atoms with Gasteiger partial charge in [0.05, 0.1) is 17.2 Å². The largest absolute Gasteiger partial charge is 0.311 e. The summed E-state index contributed by atoms with van der Waals surface area (Å²) in [5.74, 6) is -0.380. The van der Waals surface area contributed by atoms with Gasteiger partial charge < -0.3 is 4.90 Å². The number of nitriles is 2. The maximum Gasteiger partial charge on any atom is 0.267 e. The molecule has 1 aromatic carbocycles. The van der Waals surface area contributed by atoms with Crippen molar-refractivity contribution >= 4 is 38.9 Å². The molecule has 0 spiro atoms. The lowest BCUT2D eigenvalue weighted by atomic mass is 10.2. The molecule has 0 saturated carbocycles. The van der Waals surface area contributed by atoms with E-state index in [-0.39, 0.29) is 19.0 Å². The second-order valence-electron chi connectivity index (χ2n) is 3.72. The van der Waals surface area contributed by atoms with E-state index in [9.17, 15) is 4.79 Å². The Bertz CT molecular complexity index is 695. The molecule has 94 valence electrons. The highest BCUT2D eigenvalue weighted by Gasteiger charge is 2.22. The molecule has 2 rings (SSSR count). The molecule has 0 saturated heterocycles. The van der Waals surface area contributed by atoms with Crippen molar-refractivity contribution in [2.45, 2.75) is 0 Å². The third kappa shape index (κ3) is 2.53. The number of hydrogen-bond donors (Lipinski definition) is 0. The molecule has 4 nitrogen and oxygen atoms in total. The van der Waals surface area contributed by atoms with Crippen molar-refractivity contribution in [2.75, 3.05) is 13.1 Å². The molecule has 2 aromatic rings. The molecule has 19 heavy (non-hydrogen) atoms. The van der Waals surface area contributed by atoms with Crippen LogP contribution < -0.4 is 0 Å². The Balaban J connectivity index is 2.44. The summed E-state index contributed by atoms with van der Waals surface area (Å²) in [6, 6.07) is 11.2. The first-order chi connectivity index (χ1) is 9.19. The normalized spacial score (nSPS) is 9.84. The van der Waals surface area contributed by atoms with E-state index in [1.165, 1.54) is 16.2 Å². The quantitative estimate of drug-likeness (QED) is 0.816. The Morgan fingerprint density at radius 1 is 1.26 bits per heavy atom. The van der Waals surface area contributed by atoms with Crippen molar-refractivity contribution in [3.05, 3.63) is 34.2 Å². The van der Waals surface area contributed by atoms with Gasteiger partial charge in [-0.2, -0.15) is 10.5 Å². The SMILES string of the molecule is N#CCN(CC#N)C(=O)c1sc2ccccc2c1Cl. The van der Waals surface area contributed by atoms with Crippen molar-refractivity contribution in [3.63, 3.8) is 0 Å². The summed E-state index contributed by atoms with van der Waals surface area (Å²) >= 11 is 7.46. The van der Waals surface area contributed by atoms with Gasteiger partial charge >= 0.3 is 0 Å². The molecule has 0 bridgehead atoms. The van der Waals surface area contributed by atoms with Gasteiger partial charge in [-0.25, -0.2) is 0 Å². The van der Waals surface area contributed by atoms with Crippen LogP contribution >= 0.6 is 22.9 Å². The number of hydrogen-bond acceptors (Lipinski definition) is 4. The van der Waals surface area contributed by atoms with Gasteiger partial charge in [0.1, 0.15) is 18.0 Å². The molecular weight excluding hydrogens is 282 g/mol. The molecule has 6 heteroatoms. The van der Waals surface area contributed by atoms with Crippen LogP contribution in [0.5, 0.6) is 0 Å². The minimum atomic E-state index is -0.380. The van der Waals surface area contributed by atoms with Crippen LogP contribution in [0.25, 0.3) is 10.1 Å². The van der Waals surface area contributed by atoms with Gasteiger partial charge in [0, 0.05) is 10.1 Å². The Morgan fingerprint density at radius 3 is 2.47 bits per heavy atom. The van der Waals surface area contributed by atoms with Gasteiger partial charge in [-0.3, -0.25) is 4.79 Å². The Labute approximate surface area is 119 Å². The minimum absolute atomic E-state index is 0.128. The van der Waals surface area contributed by atoms with Crippen molar-refractivity contribution < 1.29 is 4.79 Å². The van der Waals surface area contributed by atoms with Crippen LogP contribution in [-0.2, 0) is 0 Å². The lowest BCUT2D eigenvalue weighted by Gasteiger charge is -2.14. The summed E-state index contributed by atoms with van der Waals surface area (Å²) in [6.45, 7) is -0.256. The zero-order valence-corrected chi connectivity index (χ0v) is 11.3. The molecule has 0 radical (unpaired) electrons. The molecule has 1 aromatic heterocycles. The van der Waals surface area contributed by atoms with Crippen LogP contribution in [0.2, 0.25) is 5.02 Å². The Morgan fingerprint density at radius 2 is 1.89 bits per heavy atom. The number of rotatable bonds is 3. The topological polar surface area (TPSA) is 67.9 Å². The molecule has 0 atom stereocenters. The lowest BCUT2D eigenvalue weighted by molar-refractivity contribution is 0.0799.